The maximum absolute atomic E-state index is 14.0. The summed E-state index contributed by atoms with van der Waals surface area (Å²) in [6.45, 7) is 1.80. The standard InChI is InChI=1S/C24H32ClN3O4S/c1-14-18(25)5-4-6-19(14)28(33(31)32)24(7-2-3-8-24)22(30)27-20-16-9-15-10-17(20)13-23(11-15,12-16)21(26)29/h4-6,15-17,20H,2-3,7-13H2,1H3,(H2,26,29)(H,27,30)(H,31,32). The molecule has 7 nitrogen and oxygen atoms in total. The average molecular weight is 494 g/mol. The van der Waals surface area contributed by atoms with E-state index in [1.807, 2.05) is 0 Å². The minimum atomic E-state index is -2.39. The van der Waals surface area contributed by atoms with Crippen molar-refractivity contribution in [3.63, 3.8) is 0 Å². The summed E-state index contributed by atoms with van der Waals surface area (Å²) in [5.41, 5.74) is 5.49. The Bertz CT molecular complexity index is 995. The number of rotatable bonds is 6. The summed E-state index contributed by atoms with van der Waals surface area (Å²) in [6, 6.07) is 5.21. The maximum atomic E-state index is 14.0. The second kappa shape index (κ2) is 8.24. The van der Waals surface area contributed by atoms with Crippen LogP contribution in [0.3, 0.4) is 0 Å². The second-order valence-corrected chi connectivity index (χ2v) is 12.0. The molecule has 6 rings (SSSR count). The summed E-state index contributed by atoms with van der Waals surface area (Å²) in [6.07, 6.45) is 6.99. The van der Waals surface area contributed by atoms with Crippen LogP contribution in [0.2, 0.25) is 5.02 Å². The minimum absolute atomic E-state index is 0.0200. The zero-order chi connectivity index (χ0) is 23.5. The zero-order valence-corrected chi connectivity index (χ0v) is 20.5. The predicted molar refractivity (Wildman–Crippen MR) is 128 cm³/mol. The quantitative estimate of drug-likeness (QED) is 0.524. The number of nitrogens with one attached hydrogen (secondary N) is 1. The van der Waals surface area contributed by atoms with Crippen LogP contribution in [-0.4, -0.2) is 32.2 Å². The van der Waals surface area contributed by atoms with Gasteiger partial charge in [0.05, 0.1) is 5.69 Å². The molecule has 1 aromatic carbocycles. The fourth-order valence-electron chi connectivity index (χ4n) is 7.61. The number of nitrogens with zero attached hydrogens (tertiary/aromatic N) is 1. The molecule has 33 heavy (non-hydrogen) atoms. The van der Waals surface area contributed by atoms with Crippen LogP contribution in [0.1, 0.15) is 63.4 Å². The molecule has 9 heteroatoms. The molecule has 4 N–H and O–H groups in total. The van der Waals surface area contributed by atoms with Gasteiger partial charge >= 0.3 is 0 Å². The molecule has 0 aliphatic heterocycles. The van der Waals surface area contributed by atoms with Gasteiger partial charge in [-0.05, 0) is 87.3 Å². The Morgan fingerprint density at radius 2 is 1.82 bits per heavy atom. The molecule has 4 bridgehead atoms. The van der Waals surface area contributed by atoms with Gasteiger partial charge < -0.3 is 11.1 Å². The van der Waals surface area contributed by atoms with Gasteiger partial charge in [-0.2, -0.15) is 0 Å². The minimum Gasteiger partial charge on any atom is -0.369 e. The van der Waals surface area contributed by atoms with Gasteiger partial charge in [0.15, 0.2) is 0 Å². The molecule has 5 fully saturated rings. The monoisotopic (exact) mass is 493 g/mol. The van der Waals surface area contributed by atoms with Crippen LogP contribution in [0.25, 0.3) is 0 Å². The van der Waals surface area contributed by atoms with E-state index in [-0.39, 0.29) is 29.7 Å². The average Bonchev–Trinajstić information content (AvgIpc) is 3.24. The van der Waals surface area contributed by atoms with Crippen LogP contribution in [0.15, 0.2) is 18.2 Å². The van der Waals surface area contributed by atoms with Gasteiger partial charge in [0.2, 0.25) is 11.8 Å². The van der Waals surface area contributed by atoms with Crippen LogP contribution in [-0.2, 0) is 20.9 Å². The lowest BCUT2D eigenvalue weighted by Crippen LogP contribution is -2.66. The van der Waals surface area contributed by atoms with E-state index in [1.165, 1.54) is 4.31 Å². The van der Waals surface area contributed by atoms with Crippen LogP contribution >= 0.6 is 11.6 Å². The van der Waals surface area contributed by atoms with E-state index in [0.29, 0.717) is 35.0 Å². The van der Waals surface area contributed by atoms with Crippen molar-refractivity contribution in [1.82, 2.24) is 5.32 Å². The van der Waals surface area contributed by atoms with E-state index < -0.39 is 22.2 Å². The maximum Gasteiger partial charge on any atom is 0.262 e. The first kappa shape index (κ1) is 23.1. The SMILES string of the molecule is Cc1c(Cl)cccc1N(S(=O)O)C1(C(=O)NC2C3CC4CC2CC(C(N)=O)(C4)C3)CCCC1. The van der Waals surface area contributed by atoms with Crippen molar-refractivity contribution in [2.45, 2.75) is 76.3 Å². The van der Waals surface area contributed by atoms with E-state index >= 15 is 0 Å². The Morgan fingerprint density at radius 1 is 1.18 bits per heavy atom. The van der Waals surface area contributed by atoms with Crippen LogP contribution in [0.4, 0.5) is 5.69 Å². The molecule has 3 atom stereocenters. The summed E-state index contributed by atoms with van der Waals surface area (Å²) < 4.78 is 24.4. The fourth-order valence-corrected chi connectivity index (χ4v) is 8.71. The predicted octanol–water partition coefficient (Wildman–Crippen LogP) is 3.70. The van der Waals surface area contributed by atoms with Crippen LogP contribution in [0.5, 0.6) is 0 Å². The summed E-state index contributed by atoms with van der Waals surface area (Å²) in [5, 5.41) is 3.82. The molecule has 2 amide bonds. The third kappa shape index (κ3) is 3.60. The Kier molecular flexibility index (Phi) is 5.77. The van der Waals surface area contributed by atoms with Gasteiger partial charge in [0.1, 0.15) is 5.54 Å². The van der Waals surface area contributed by atoms with Crippen molar-refractivity contribution < 1.29 is 18.4 Å². The molecule has 5 aliphatic carbocycles. The highest BCUT2D eigenvalue weighted by molar-refractivity contribution is 7.80. The number of carbonyl (C=O) groups is 2. The normalized spacial score (nSPS) is 34.8. The number of anilines is 1. The summed E-state index contributed by atoms with van der Waals surface area (Å²) in [7, 11) is 0. The summed E-state index contributed by atoms with van der Waals surface area (Å²) >= 11 is 3.93. The number of hydrogen-bond acceptors (Lipinski definition) is 3. The number of amides is 2. The Morgan fingerprint density at radius 3 is 2.39 bits per heavy atom. The largest absolute Gasteiger partial charge is 0.369 e. The number of primary amides is 1. The molecular weight excluding hydrogens is 462 g/mol. The molecule has 0 aromatic heterocycles. The molecule has 180 valence electrons. The van der Waals surface area contributed by atoms with Gasteiger partial charge in [0.25, 0.3) is 11.3 Å². The summed E-state index contributed by atoms with van der Waals surface area (Å²) in [4.78, 5) is 26.2. The van der Waals surface area contributed by atoms with Gasteiger partial charge in [0, 0.05) is 16.5 Å². The molecule has 5 saturated carbocycles. The first-order chi connectivity index (χ1) is 15.7. The first-order valence-corrected chi connectivity index (χ1v) is 13.4. The molecule has 0 heterocycles. The zero-order valence-electron chi connectivity index (χ0n) is 18.9. The van der Waals surface area contributed by atoms with Gasteiger partial charge in [-0.3, -0.25) is 18.4 Å². The van der Waals surface area contributed by atoms with Crippen molar-refractivity contribution in [3.8, 4) is 0 Å². The number of benzene rings is 1. The van der Waals surface area contributed by atoms with Crippen molar-refractivity contribution in [2.75, 3.05) is 4.31 Å². The molecule has 0 spiro atoms. The lowest BCUT2D eigenvalue weighted by Gasteiger charge is -2.59. The lowest BCUT2D eigenvalue weighted by molar-refractivity contribution is -0.148. The Balaban J connectivity index is 1.45. The highest BCUT2D eigenvalue weighted by Gasteiger charge is 2.59. The number of halogens is 1. The smallest absolute Gasteiger partial charge is 0.262 e. The van der Waals surface area contributed by atoms with E-state index in [0.717, 1.165) is 44.9 Å². The molecule has 3 unspecified atom stereocenters. The van der Waals surface area contributed by atoms with E-state index in [1.54, 1.807) is 25.1 Å². The molecule has 1 aromatic rings. The van der Waals surface area contributed by atoms with Gasteiger partial charge in [-0.15, -0.1) is 0 Å². The van der Waals surface area contributed by atoms with E-state index in [2.05, 4.69) is 5.32 Å². The lowest BCUT2D eigenvalue weighted by atomic mass is 9.47. The van der Waals surface area contributed by atoms with Gasteiger partial charge in [-0.1, -0.05) is 30.5 Å². The third-order valence-corrected chi connectivity index (χ3v) is 10.2. The van der Waals surface area contributed by atoms with Gasteiger partial charge in [-0.25, -0.2) is 4.21 Å². The third-order valence-electron chi connectivity index (χ3n) is 8.95. The van der Waals surface area contributed by atoms with Crippen LogP contribution < -0.4 is 15.4 Å². The topological polar surface area (TPSA) is 113 Å². The van der Waals surface area contributed by atoms with Crippen molar-refractivity contribution in [2.24, 2.45) is 28.9 Å². The van der Waals surface area contributed by atoms with Crippen molar-refractivity contribution in [3.05, 3.63) is 28.8 Å². The fraction of sp³-hybridized carbons (Fsp3) is 0.667. The number of hydrogen-bond donors (Lipinski definition) is 3. The highest BCUT2D eigenvalue weighted by atomic mass is 35.5. The molecule has 0 radical (unpaired) electrons. The molecule has 5 aliphatic rings. The Hall–Kier alpha value is -1.64. The molecule has 0 saturated heterocycles. The summed E-state index contributed by atoms with van der Waals surface area (Å²) in [5.74, 6) is 0.572. The first-order valence-electron chi connectivity index (χ1n) is 11.9. The molecular formula is C24H32ClN3O4S. The van der Waals surface area contributed by atoms with Crippen molar-refractivity contribution in [1.29, 1.82) is 0 Å². The van der Waals surface area contributed by atoms with Crippen molar-refractivity contribution >= 4 is 40.4 Å². The highest BCUT2D eigenvalue weighted by Crippen LogP contribution is 2.60. The van der Waals surface area contributed by atoms with E-state index in [4.69, 9.17) is 17.3 Å². The second-order valence-electron chi connectivity index (χ2n) is 10.8. The number of carbonyl (C=O) groups excluding carboxylic acids is 2. The Labute approximate surface area is 202 Å². The number of nitrogens with two attached hydrogens (primary N) is 1. The van der Waals surface area contributed by atoms with Crippen LogP contribution in [0, 0.1) is 30.1 Å². The van der Waals surface area contributed by atoms with E-state index in [9.17, 15) is 18.4 Å².